The zero-order valence-electron chi connectivity index (χ0n) is 24.8. The summed E-state index contributed by atoms with van der Waals surface area (Å²) >= 11 is 1.59. The molecule has 2 aromatic heterocycles. The number of amidine groups is 1. The maximum atomic E-state index is 14.0. The summed E-state index contributed by atoms with van der Waals surface area (Å²) in [5.41, 5.74) is 9.15. The van der Waals surface area contributed by atoms with E-state index in [9.17, 15) is 9.59 Å². The Balaban J connectivity index is 1.32. The Kier molecular flexibility index (Phi) is 9.08. The first-order valence-electron chi connectivity index (χ1n) is 14.7. The molecule has 0 saturated carbocycles. The number of nitrogens with zero attached hydrogens (tertiary/aromatic N) is 4. The van der Waals surface area contributed by atoms with Crippen molar-refractivity contribution in [1.82, 2.24) is 20.4 Å². The zero-order valence-corrected chi connectivity index (χ0v) is 25.6. The Hall–Kier alpha value is -3.57. The van der Waals surface area contributed by atoms with Crippen molar-refractivity contribution >= 4 is 29.0 Å². The van der Waals surface area contributed by atoms with Crippen LogP contribution in [0.25, 0.3) is 10.4 Å². The summed E-state index contributed by atoms with van der Waals surface area (Å²) in [6, 6.07) is 9.33. The number of hydrogen-bond acceptors (Lipinski definition) is 9. The molecule has 2 amide bonds. The van der Waals surface area contributed by atoms with Gasteiger partial charge in [-0.25, -0.2) is 9.98 Å². The van der Waals surface area contributed by atoms with E-state index in [1.165, 1.54) is 0 Å². The predicted octanol–water partition coefficient (Wildman–Crippen LogP) is 4.79. The summed E-state index contributed by atoms with van der Waals surface area (Å²) in [5.74, 6) is 0.590. The summed E-state index contributed by atoms with van der Waals surface area (Å²) in [5, 5.41) is 7.07. The van der Waals surface area contributed by atoms with E-state index < -0.39 is 11.5 Å². The molecule has 0 spiro atoms. The number of benzene rings is 1. The van der Waals surface area contributed by atoms with Crippen LogP contribution in [0.15, 0.2) is 45.4 Å². The Morgan fingerprint density at radius 2 is 2.05 bits per heavy atom. The lowest BCUT2D eigenvalue weighted by Gasteiger charge is -2.29. The average molecular weight is 593 g/mol. The molecule has 10 nitrogen and oxygen atoms in total. The third-order valence-electron chi connectivity index (χ3n) is 8.18. The normalized spacial score (nSPS) is 21.1. The number of aryl methyl sites for hydroxylation is 1. The zero-order chi connectivity index (χ0) is 29.9. The summed E-state index contributed by atoms with van der Waals surface area (Å²) < 4.78 is 11.4. The minimum atomic E-state index is -1.08. The van der Waals surface area contributed by atoms with Gasteiger partial charge < -0.3 is 25.2 Å². The van der Waals surface area contributed by atoms with Crippen LogP contribution in [-0.2, 0) is 15.1 Å². The smallest absolute Gasteiger partial charge is 0.257 e. The fourth-order valence-electron chi connectivity index (χ4n) is 5.75. The number of amides is 2. The highest BCUT2D eigenvalue weighted by Crippen LogP contribution is 2.36. The Morgan fingerprint density at radius 1 is 1.26 bits per heavy atom. The molecule has 3 atom stereocenters. The molecular formula is C31H40N6O4S. The van der Waals surface area contributed by atoms with E-state index >= 15 is 0 Å². The fourth-order valence-corrected chi connectivity index (χ4v) is 6.56. The number of thiazole rings is 1. The Bertz CT molecular complexity index is 1430. The highest BCUT2D eigenvalue weighted by Gasteiger charge is 2.46. The van der Waals surface area contributed by atoms with Crippen LogP contribution in [0.2, 0.25) is 0 Å². The van der Waals surface area contributed by atoms with Crippen LogP contribution in [0.1, 0.15) is 75.8 Å². The molecule has 5 rings (SSSR count). The van der Waals surface area contributed by atoms with Crippen LogP contribution >= 0.6 is 11.3 Å². The Morgan fingerprint density at radius 3 is 2.74 bits per heavy atom. The van der Waals surface area contributed by atoms with Gasteiger partial charge >= 0.3 is 0 Å². The van der Waals surface area contributed by atoms with E-state index in [-0.39, 0.29) is 23.8 Å². The molecule has 1 saturated heterocycles. The molecule has 3 N–H and O–H groups in total. The molecule has 1 fully saturated rings. The van der Waals surface area contributed by atoms with E-state index in [1.807, 2.05) is 62.4 Å². The van der Waals surface area contributed by atoms with Crippen molar-refractivity contribution in [2.75, 3.05) is 19.7 Å². The van der Waals surface area contributed by atoms with Gasteiger partial charge in [0.2, 0.25) is 5.91 Å². The summed E-state index contributed by atoms with van der Waals surface area (Å²) in [6.45, 7) is 9.57. The first-order chi connectivity index (χ1) is 20.2. The van der Waals surface area contributed by atoms with E-state index in [1.54, 1.807) is 17.4 Å². The number of aliphatic imine (C=N–C) groups is 1. The number of aromatic nitrogens is 2. The first kappa shape index (κ1) is 29.9. The van der Waals surface area contributed by atoms with Crippen molar-refractivity contribution in [2.45, 2.75) is 77.3 Å². The van der Waals surface area contributed by atoms with Gasteiger partial charge in [0, 0.05) is 12.6 Å². The third kappa shape index (κ3) is 5.98. The van der Waals surface area contributed by atoms with Crippen LogP contribution in [0.4, 0.5) is 0 Å². The third-order valence-corrected chi connectivity index (χ3v) is 9.16. The van der Waals surface area contributed by atoms with Gasteiger partial charge in [-0.2, -0.15) is 0 Å². The number of likely N-dealkylation sites (tertiary alicyclic amines) is 1. The summed E-state index contributed by atoms with van der Waals surface area (Å²) in [7, 11) is 0. The molecule has 3 unspecified atom stereocenters. The molecule has 42 heavy (non-hydrogen) atoms. The fraction of sp³-hybridized carbons (Fsp3) is 0.516. The number of nitrogens with two attached hydrogens (primary N) is 1. The molecule has 2 aliphatic heterocycles. The predicted molar refractivity (Wildman–Crippen MR) is 162 cm³/mol. The molecule has 3 aromatic rings. The van der Waals surface area contributed by atoms with Crippen molar-refractivity contribution in [3.63, 3.8) is 0 Å². The lowest BCUT2D eigenvalue weighted by molar-refractivity contribution is -0.134. The SMILES string of the molecule is Cc1ncsc1-c1ccc(C2(C)N=C(C3CCCN3C(=O)C(c3cc(OCCCCCN)no3)C(C)C)NC2=O)cc1. The van der Waals surface area contributed by atoms with Crippen molar-refractivity contribution in [1.29, 1.82) is 0 Å². The van der Waals surface area contributed by atoms with Crippen LogP contribution in [0, 0.1) is 12.8 Å². The van der Waals surface area contributed by atoms with Gasteiger partial charge in [0.15, 0.2) is 11.3 Å². The minimum Gasteiger partial charge on any atom is -0.476 e. The average Bonchev–Trinajstić information content (AvgIpc) is 3.77. The van der Waals surface area contributed by atoms with Crippen LogP contribution in [-0.4, -0.2) is 58.4 Å². The van der Waals surface area contributed by atoms with Crippen molar-refractivity contribution < 1.29 is 18.8 Å². The van der Waals surface area contributed by atoms with Gasteiger partial charge in [-0.05, 0) is 74.7 Å². The van der Waals surface area contributed by atoms with Crippen LogP contribution in [0.3, 0.4) is 0 Å². The van der Waals surface area contributed by atoms with E-state index in [2.05, 4.69) is 15.5 Å². The van der Waals surface area contributed by atoms with Gasteiger partial charge in [-0.3, -0.25) is 9.59 Å². The van der Waals surface area contributed by atoms with Gasteiger partial charge in [0.05, 0.1) is 28.7 Å². The molecular weight excluding hydrogens is 552 g/mol. The molecule has 2 aliphatic rings. The number of ether oxygens (including phenoxy) is 1. The summed E-state index contributed by atoms with van der Waals surface area (Å²) in [6.07, 6.45) is 4.37. The molecule has 0 bridgehead atoms. The van der Waals surface area contributed by atoms with Gasteiger partial charge in [-0.15, -0.1) is 11.3 Å². The molecule has 1 aromatic carbocycles. The standard InChI is InChI=1S/C31H40N6O4S/c1-19(2)26(24-17-25(36-41-24)40-16-7-5-6-14-32)29(38)37-15-8-9-23(37)28-34-30(39)31(4,35-28)22-12-10-21(11-13-22)27-20(3)33-18-42-27/h10-13,17-19,23,26H,5-9,14-16,32H2,1-4H3,(H,34,35,39). The number of rotatable bonds is 12. The Labute approximate surface area is 250 Å². The second-order valence-corrected chi connectivity index (χ2v) is 12.4. The van der Waals surface area contributed by atoms with E-state index in [0.29, 0.717) is 37.2 Å². The number of unbranched alkanes of at least 4 members (excludes halogenated alkanes) is 2. The first-order valence-corrected chi connectivity index (χ1v) is 15.6. The maximum Gasteiger partial charge on any atom is 0.257 e. The number of hydrogen-bond donors (Lipinski definition) is 2. The molecule has 0 aliphatic carbocycles. The molecule has 224 valence electrons. The molecule has 4 heterocycles. The number of nitrogens with one attached hydrogen (secondary N) is 1. The highest BCUT2D eigenvalue weighted by molar-refractivity contribution is 7.13. The lowest BCUT2D eigenvalue weighted by atomic mass is 9.91. The van der Waals surface area contributed by atoms with E-state index in [0.717, 1.165) is 53.8 Å². The van der Waals surface area contributed by atoms with E-state index in [4.69, 9.17) is 20.0 Å². The second kappa shape index (κ2) is 12.7. The number of carbonyl (C=O) groups is 2. The van der Waals surface area contributed by atoms with Gasteiger partial charge in [0.25, 0.3) is 11.8 Å². The number of carbonyl (C=O) groups excluding carboxylic acids is 2. The minimum absolute atomic E-state index is 0.0322. The monoisotopic (exact) mass is 592 g/mol. The largest absolute Gasteiger partial charge is 0.476 e. The second-order valence-electron chi connectivity index (χ2n) is 11.5. The lowest BCUT2D eigenvalue weighted by Crippen LogP contribution is -2.48. The van der Waals surface area contributed by atoms with Gasteiger partial charge in [0.1, 0.15) is 11.8 Å². The van der Waals surface area contributed by atoms with Crippen molar-refractivity contribution in [3.8, 4) is 16.3 Å². The summed E-state index contributed by atoms with van der Waals surface area (Å²) in [4.78, 5) is 39.5. The van der Waals surface area contributed by atoms with Crippen LogP contribution in [0.5, 0.6) is 5.88 Å². The maximum absolute atomic E-state index is 14.0. The quantitative estimate of drug-likeness (QED) is 0.289. The van der Waals surface area contributed by atoms with Crippen molar-refractivity contribution in [3.05, 3.63) is 52.9 Å². The topological polar surface area (TPSA) is 136 Å². The highest BCUT2D eigenvalue weighted by atomic mass is 32.1. The molecule has 0 radical (unpaired) electrons. The van der Waals surface area contributed by atoms with Crippen LogP contribution < -0.4 is 15.8 Å². The molecule has 11 heteroatoms. The van der Waals surface area contributed by atoms with Gasteiger partial charge in [-0.1, -0.05) is 38.1 Å². The van der Waals surface area contributed by atoms with Crippen molar-refractivity contribution in [2.24, 2.45) is 16.6 Å².